The fourth-order valence-corrected chi connectivity index (χ4v) is 3.58. The summed E-state index contributed by atoms with van der Waals surface area (Å²) in [6, 6.07) is 22.1. The number of aromatic nitrogens is 2. The summed E-state index contributed by atoms with van der Waals surface area (Å²) in [4.78, 5) is 2.17. The van der Waals surface area contributed by atoms with E-state index in [2.05, 4.69) is 58.7 Å². The molecule has 7 heteroatoms. The number of fused-ring (bicyclic) bond motifs is 1. The smallest absolute Gasteiger partial charge is 0.218 e. The Morgan fingerprint density at radius 3 is 2.32 bits per heavy atom. The molecule has 0 radical (unpaired) electrons. The predicted octanol–water partition coefficient (Wildman–Crippen LogP) is 3.75. The van der Waals surface area contributed by atoms with E-state index in [0.717, 1.165) is 22.6 Å². The number of rotatable bonds is 5. The van der Waals surface area contributed by atoms with E-state index in [1.54, 1.807) is 12.1 Å². The highest BCUT2D eigenvalue weighted by atomic mass is 32.2. The molecule has 4 rings (SSSR count). The van der Waals surface area contributed by atoms with Gasteiger partial charge < -0.3 is 5.43 Å². The van der Waals surface area contributed by atoms with Gasteiger partial charge >= 0.3 is 0 Å². The number of nitrogens with zero attached hydrogens (tertiary/aromatic N) is 2. The van der Waals surface area contributed by atoms with Gasteiger partial charge in [0.15, 0.2) is 0 Å². The fourth-order valence-electron chi connectivity index (χ4n) is 3.36. The van der Waals surface area contributed by atoms with Crippen LogP contribution in [-0.2, 0) is 10.9 Å². The first-order valence-electron chi connectivity index (χ1n) is 8.85. The third kappa shape index (κ3) is 3.49. The van der Waals surface area contributed by atoms with Gasteiger partial charge in [-0.1, -0.05) is 36.4 Å². The summed E-state index contributed by atoms with van der Waals surface area (Å²) in [6.07, 6.45) is 0. The number of nitrogens with one attached hydrogen (secondary N) is 2. The van der Waals surface area contributed by atoms with E-state index in [1.165, 1.54) is 16.3 Å². The Balaban J connectivity index is 1.79. The molecule has 0 bridgehead atoms. The van der Waals surface area contributed by atoms with Gasteiger partial charge in [0.05, 0.1) is 17.1 Å². The molecule has 6 nitrogen and oxygen atoms in total. The Bertz CT molecular complexity index is 1220. The number of hydrogen-bond acceptors (Lipinski definition) is 4. The summed E-state index contributed by atoms with van der Waals surface area (Å²) in [5.74, 6) is 0. The lowest BCUT2D eigenvalue weighted by Crippen LogP contribution is -2.19. The zero-order chi connectivity index (χ0) is 19.7. The van der Waals surface area contributed by atoms with Gasteiger partial charge in [-0.2, -0.15) is 5.10 Å². The SMILES string of the molecule is Cc1cc(-c2ccc(C)c3ccccc23)n(-c2ccc(NN[SH](=O)=O)cc2)n1. The van der Waals surface area contributed by atoms with Gasteiger partial charge in [0.25, 0.3) is 0 Å². The van der Waals surface area contributed by atoms with Crippen LogP contribution in [0.2, 0.25) is 0 Å². The van der Waals surface area contributed by atoms with Gasteiger partial charge in [0.2, 0.25) is 10.9 Å². The molecular formula is C21H20N4O2S. The van der Waals surface area contributed by atoms with Crippen LogP contribution in [0.5, 0.6) is 0 Å². The van der Waals surface area contributed by atoms with Crippen LogP contribution in [-0.4, -0.2) is 18.2 Å². The lowest BCUT2D eigenvalue weighted by Gasteiger charge is -2.12. The van der Waals surface area contributed by atoms with Crippen molar-refractivity contribution >= 4 is 27.4 Å². The predicted molar refractivity (Wildman–Crippen MR) is 113 cm³/mol. The molecule has 0 atom stereocenters. The van der Waals surface area contributed by atoms with Gasteiger partial charge in [-0.25, -0.2) is 13.1 Å². The molecule has 0 aliphatic rings. The molecule has 1 heterocycles. The molecular weight excluding hydrogens is 372 g/mol. The number of thiol groups is 1. The van der Waals surface area contributed by atoms with Crippen molar-refractivity contribution in [2.75, 3.05) is 5.43 Å². The monoisotopic (exact) mass is 392 g/mol. The average molecular weight is 392 g/mol. The van der Waals surface area contributed by atoms with E-state index < -0.39 is 10.9 Å². The summed E-state index contributed by atoms with van der Waals surface area (Å²) >= 11 is 0. The van der Waals surface area contributed by atoms with E-state index in [9.17, 15) is 8.42 Å². The molecule has 2 N–H and O–H groups in total. The normalized spacial score (nSPS) is 11.2. The van der Waals surface area contributed by atoms with E-state index >= 15 is 0 Å². The first-order chi connectivity index (χ1) is 13.5. The number of hydrogen-bond donors (Lipinski definition) is 3. The van der Waals surface area contributed by atoms with Gasteiger partial charge in [-0.05, 0) is 60.5 Å². The zero-order valence-electron chi connectivity index (χ0n) is 15.5. The maximum atomic E-state index is 10.6. The van der Waals surface area contributed by atoms with Crippen molar-refractivity contribution in [1.29, 1.82) is 0 Å². The van der Waals surface area contributed by atoms with Gasteiger partial charge in [0, 0.05) is 11.3 Å². The first-order valence-corrected chi connectivity index (χ1v) is 10.0. The number of benzene rings is 3. The van der Waals surface area contributed by atoms with Crippen LogP contribution in [0.1, 0.15) is 11.3 Å². The third-order valence-corrected chi connectivity index (χ3v) is 4.95. The highest BCUT2D eigenvalue weighted by molar-refractivity contribution is 7.70. The van der Waals surface area contributed by atoms with E-state index in [0.29, 0.717) is 5.69 Å². The minimum absolute atomic E-state index is 0.647. The largest absolute Gasteiger partial charge is 0.308 e. The lowest BCUT2D eigenvalue weighted by atomic mass is 9.98. The minimum Gasteiger partial charge on any atom is -0.308 e. The second-order valence-electron chi connectivity index (χ2n) is 6.60. The Hall–Kier alpha value is -3.16. The third-order valence-electron chi connectivity index (χ3n) is 4.65. The first kappa shape index (κ1) is 18.2. The molecule has 0 saturated heterocycles. The maximum absolute atomic E-state index is 10.6. The second kappa shape index (κ2) is 7.46. The van der Waals surface area contributed by atoms with Crippen LogP contribution in [0, 0.1) is 13.8 Å². The molecule has 3 aromatic carbocycles. The molecule has 0 unspecified atom stereocenters. The molecule has 0 fully saturated rings. The van der Waals surface area contributed by atoms with E-state index in [1.807, 2.05) is 29.8 Å². The van der Waals surface area contributed by atoms with Crippen molar-refractivity contribution in [1.82, 2.24) is 14.6 Å². The van der Waals surface area contributed by atoms with Crippen LogP contribution in [0.15, 0.2) is 66.7 Å². The molecule has 1 aromatic heterocycles. The number of aryl methyl sites for hydroxylation is 2. The lowest BCUT2D eigenvalue weighted by molar-refractivity contribution is 0.607. The Morgan fingerprint density at radius 2 is 1.61 bits per heavy atom. The van der Waals surface area contributed by atoms with Crippen molar-refractivity contribution in [3.8, 4) is 16.9 Å². The summed E-state index contributed by atoms with van der Waals surface area (Å²) in [5, 5.41) is 7.08. The van der Waals surface area contributed by atoms with Gasteiger partial charge in [-0.3, -0.25) is 0 Å². The van der Waals surface area contributed by atoms with Crippen LogP contribution in [0.3, 0.4) is 0 Å². The average Bonchev–Trinajstić information content (AvgIpc) is 3.09. The fraction of sp³-hybridized carbons (Fsp3) is 0.0952. The Kier molecular flexibility index (Phi) is 4.85. The van der Waals surface area contributed by atoms with E-state index in [4.69, 9.17) is 0 Å². The van der Waals surface area contributed by atoms with Crippen molar-refractivity contribution in [3.05, 3.63) is 78.0 Å². The van der Waals surface area contributed by atoms with Crippen LogP contribution >= 0.6 is 0 Å². The van der Waals surface area contributed by atoms with Crippen LogP contribution in [0.25, 0.3) is 27.7 Å². The van der Waals surface area contributed by atoms with Crippen LogP contribution in [0.4, 0.5) is 5.69 Å². The molecule has 28 heavy (non-hydrogen) atoms. The van der Waals surface area contributed by atoms with E-state index in [-0.39, 0.29) is 0 Å². The number of hydrazine groups is 1. The standard InChI is InChI=1S/C21H20N4O2S/c1-14-7-12-20(19-6-4-3-5-18(14)19)21-13-15(2)23-25(21)17-10-8-16(9-11-17)22-24-28(26)27/h3-13,22,28H,1-2H3,(H,24,26,27). The highest BCUT2D eigenvalue weighted by Gasteiger charge is 2.13. The maximum Gasteiger partial charge on any atom is 0.218 e. The molecule has 0 aliphatic heterocycles. The summed E-state index contributed by atoms with van der Waals surface area (Å²) in [6.45, 7) is 4.09. The molecule has 0 amide bonds. The summed E-state index contributed by atoms with van der Waals surface area (Å²) in [7, 11) is -2.71. The second-order valence-corrected chi connectivity index (χ2v) is 7.34. The van der Waals surface area contributed by atoms with Gasteiger partial charge in [0.1, 0.15) is 0 Å². The molecule has 142 valence electrons. The van der Waals surface area contributed by atoms with Crippen molar-refractivity contribution in [3.63, 3.8) is 0 Å². The topological polar surface area (TPSA) is 76.0 Å². The molecule has 0 saturated carbocycles. The van der Waals surface area contributed by atoms with Gasteiger partial charge in [-0.15, -0.1) is 4.83 Å². The minimum atomic E-state index is -2.71. The molecule has 4 aromatic rings. The van der Waals surface area contributed by atoms with Crippen molar-refractivity contribution < 1.29 is 8.42 Å². The quantitative estimate of drug-likeness (QED) is 0.357. The summed E-state index contributed by atoms with van der Waals surface area (Å²) < 4.78 is 23.2. The zero-order valence-corrected chi connectivity index (χ0v) is 16.4. The highest BCUT2D eigenvalue weighted by Crippen LogP contribution is 2.32. The molecule has 0 aliphatic carbocycles. The Morgan fingerprint density at radius 1 is 0.893 bits per heavy atom. The number of anilines is 1. The summed E-state index contributed by atoms with van der Waals surface area (Å²) in [5.41, 5.74) is 8.46. The Labute approximate surface area is 164 Å². The van der Waals surface area contributed by atoms with Crippen molar-refractivity contribution in [2.24, 2.45) is 0 Å². The van der Waals surface area contributed by atoms with Crippen molar-refractivity contribution in [2.45, 2.75) is 13.8 Å². The molecule has 0 spiro atoms. The van der Waals surface area contributed by atoms with Crippen LogP contribution < -0.4 is 10.3 Å².